The van der Waals surface area contributed by atoms with Gasteiger partial charge >= 0.3 is 0 Å². The van der Waals surface area contributed by atoms with E-state index < -0.39 is 11.6 Å². The van der Waals surface area contributed by atoms with Gasteiger partial charge in [0.2, 0.25) is 5.91 Å². The van der Waals surface area contributed by atoms with Crippen LogP contribution in [0.5, 0.6) is 0 Å². The zero-order chi connectivity index (χ0) is 16.8. The Morgan fingerprint density at radius 3 is 2.70 bits per heavy atom. The van der Waals surface area contributed by atoms with Gasteiger partial charge in [-0.2, -0.15) is 0 Å². The molecule has 2 aromatic carbocycles. The van der Waals surface area contributed by atoms with E-state index in [1.54, 1.807) is 12.1 Å². The minimum absolute atomic E-state index is 0.0952. The summed E-state index contributed by atoms with van der Waals surface area (Å²) >= 11 is 0. The van der Waals surface area contributed by atoms with Crippen LogP contribution < -0.4 is 5.32 Å². The highest BCUT2D eigenvalue weighted by Gasteiger charge is 2.08. The summed E-state index contributed by atoms with van der Waals surface area (Å²) in [7, 11) is 0. The molecule has 0 radical (unpaired) electrons. The normalized spacial score (nSPS) is 10.6. The van der Waals surface area contributed by atoms with Gasteiger partial charge in [-0.25, -0.2) is 8.78 Å². The van der Waals surface area contributed by atoms with Crippen molar-refractivity contribution in [2.24, 2.45) is 0 Å². The minimum atomic E-state index is -0.484. The first kappa shape index (κ1) is 17.1. The predicted octanol–water partition coefficient (Wildman–Crippen LogP) is 3.73. The first-order chi connectivity index (χ1) is 11.0. The highest BCUT2D eigenvalue weighted by atomic mass is 19.1. The topological polar surface area (TPSA) is 49.3 Å². The number of carbonyl (C=O) groups is 1. The molecule has 0 unspecified atom stereocenters. The summed E-state index contributed by atoms with van der Waals surface area (Å²) in [6.07, 6.45) is 0.927. The van der Waals surface area contributed by atoms with Gasteiger partial charge in [0.15, 0.2) is 0 Å². The van der Waals surface area contributed by atoms with Crippen LogP contribution in [0.4, 0.5) is 14.5 Å². The molecule has 0 fully saturated rings. The molecule has 0 aromatic heterocycles. The second kappa shape index (κ2) is 7.83. The number of aryl methyl sites for hydroxylation is 2. The predicted molar refractivity (Wildman–Crippen MR) is 85.0 cm³/mol. The van der Waals surface area contributed by atoms with Crippen molar-refractivity contribution in [3.05, 3.63) is 64.7 Å². The molecule has 0 aliphatic rings. The van der Waals surface area contributed by atoms with Crippen molar-refractivity contribution in [1.82, 2.24) is 0 Å². The Labute approximate surface area is 134 Å². The van der Waals surface area contributed by atoms with Gasteiger partial charge in [0.05, 0.1) is 6.61 Å². The lowest BCUT2D eigenvalue weighted by atomic mass is 10.1. The zero-order valence-electron chi connectivity index (χ0n) is 12.9. The number of benzene rings is 2. The van der Waals surface area contributed by atoms with Crippen LogP contribution in [0.15, 0.2) is 36.4 Å². The lowest BCUT2D eigenvalue weighted by Gasteiger charge is -2.10. The van der Waals surface area contributed by atoms with Crippen molar-refractivity contribution < 1.29 is 18.7 Å². The summed E-state index contributed by atoms with van der Waals surface area (Å²) < 4.78 is 26.6. The van der Waals surface area contributed by atoms with E-state index >= 15 is 0 Å². The van der Waals surface area contributed by atoms with Crippen molar-refractivity contribution in [3.63, 3.8) is 0 Å². The molecule has 0 bridgehead atoms. The molecule has 0 aliphatic heterocycles. The molecule has 0 saturated carbocycles. The van der Waals surface area contributed by atoms with Gasteiger partial charge < -0.3 is 10.4 Å². The summed E-state index contributed by atoms with van der Waals surface area (Å²) in [4.78, 5) is 12.0. The number of nitrogens with one attached hydrogen (secondary N) is 1. The second-order valence-corrected chi connectivity index (χ2v) is 5.44. The number of aliphatic hydroxyl groups excluding tert-OH is 1. The molecule has 0 saturated heterocycles. The summed E-state index contributed by atoms with van der Waals surface area (Å²) in [5.74, 6) is -1.14. The Morgan fingerprint density at radius 1 is 1.17 bits per heavy atom. The first-order valence-electron chi connectivity index (χ1n) is 7.44. The number of halogens is 2. The van der Waals surface area contributed by atoms with Crippen LogP contribution in [-0.4, -0.2) is 11.0 Å². The van der Waals surface area contributed by atoms with Gasteiger partial charge in [-0.1, -0.05) is 12.1 Å². The first-order valence-corrected chi connectivity index (χ1v) is 7.44. The van der Waals surface area contributed by atoms with Crippen molar-refractivity contribution in [1.29, 1.82) is 0 Å². The highest BCUT2D eigenvalue weighted by molar-refractivity contribution is 5.91. The second-order valence-electron chi connectivity index (χ2n) is 5.44. The maximum absolute atomic E-state index is 13.5. The molecule has 122 valence electrons. The number of anilines is 1. The molecule has 1 amide bonds. The fourth-order valence-corrected chi connectivity index (χ4v) is 2.29. The molecular weight excluding hydrogens is 300 g/mol. The summed E-state index contributed by atoms with van der Waals surface area (Å²) in [6, 6.07) is 8.65. The van der Waals surface area contributed by atoms with Crippen molar-refractivity contribution in [2.45, 2.75) is 32.8 Å². The van der Waals surface area contributed by atoms with E-state index in [1.807, 2.05) is 13.0 Å². The summed E-state index contributed by atoms with van der Waals surface area (Å²) in [5.41, 5.74) is 2.54. The number of hydrogen-bond donors (Lipinski definition) is 2. The molecule has 2 N–H and O–H groups in total. The number of carbonyl (C=O) groups excluding carboxylic acids is 1. The van der Waals surface area contributed by atoms with Crippen LogP contribution in [-0.2, 0) is 17.8 Å². The number of aliphatic hydroxyl groups is 1. The molecule has 2 aromatic rings. The Kier molecular flexibility index (Phi) is 5.82. The third-order valence-corrected chi connectivity index (χ3v) is 3.62. The quantitative estimate of drug-likeness (QED) is 0.852. The van der Waals surface area contributed by atoms with Gasteiger partial charge in [-0.05, 0) is 60.7 Å². The number of amides is 1. The van der Waals surface area contributed by atoms with Crippen molar-refractivity contribution in [2.75, 3.05) is 5.32 Å². The highest BCUT2D eigenvalue weighted by Crippen LogP contribution is 2.18. The third-order valence-electron chi connectivity index (χ3n) is 3.62. The summed E-state index contributed by atoms with van der Waals surface area (Å²) in [5, 5.41) is 11.9. The standard InChI is InChI=1S/C18H19F2NO2/c1-12-5-6-13(11-22)9-17(12)21-18(23)4-2-3-14-10-15(19)7-8-16(14)20/h5-10,22H,2-4,11H2,1H3,(H,21,23). The van der Waals surface area contributed by atoms with Gasteiger partial charge in [0, 0.05) is 12.1 Å². The molecule has 2 rings (SSSR count). The van der Waals surface area contributed by atoms with Gasteiger partial charge in [0.1, 0.15) is 11.6 Å². The van der Waals surface area contributed by atoms with E-state index in [2.05, 4.69) is 5.32 Å². The van der Waals surface area contributed by atoms with Crippen LogP contribution in [0.1, 0.15) is 29.5 Å². The molecule has 5 heteroatoms. The number of rotatable bonds is 6. The van der Waals surface area contributed by atoms with Crippen LogP contribution in [0.25, 0.3) is 0 Å². The zero-order valence-corrected chi connectivity index (χ0v) is 12.9. The average Bonchev–Trinajstić information content (AvgIpc) is 2.53. The van der Waals surface area contributed by atoms with E-state index in [1.165, 1.54) is 0 Å². The minimum Gasteiger partial charge on any atom is -0.392 e. The molecule has 3 nitrogen and oxygen atoms in total. The Bertz CT molecular complexity index is 701. The van der Waals surface area contributed by atoms with Crippen molar-refractivity contribution >= 4 is 11.6 Å². The van der Waals surface area contributed by atoms with Crippen LogP contribution in [0, 0.1) is 18.6 Å². The molecule has 0 spiro atoms. The number of hydrogen-bond acceptors (Lipinski definition) is 2. The monoisotopic (exact) mass is 319 g/mol. The van der Waals surface area contributed by atoms with E-state index in [0.29, 0.717) is 24.1 Å². The lowest BCUT2D eigenvalue weighted by molar-refractivity contribution is -0.116. The maximum Gasteiger partial charge on any atom is 0.224 e. The SMILES string of the molecule is Cc1ccc(CO)cc1NC(=O)CCCc1cc(F)ccc1F. The van der Waals surface area contributed by atoms with E-state index in [4.69, 9.17) is 5.11 Å². The van der Waals surface area contributed by atoms with E-state index in [-0.39, 0.29) is 24.5 Å². The van der Waals surface area contributed by atoms with Crippen LogP contribution >= 0.6 is 0 Å². The fourth-order valence-electron chi connectivity index (χ4n) is 2.29. The molecule has 23 heavy (non-hydrogen) atoms. The van der Waals surface area contributed by atoms with Crippen LogP contribution in [0.3, 0.4) is 0 Å². The lowest BCUT2D eigenvalue weighted by Crippen LogP contribution is -2.13. The fraction of sp³-hybridized carbons (Fsp3) is 0.278. The molecule has 0 atom stereocenters. The Hall–Kier alpha value is -2.27. The average molecular weight is 319 g/mol. The third kappa shape index (κ3) is 4.86. The van der Waals surface area contributed by atoms with Gasteiger partial charge in [-0.15, -0.1) is 0 Å². The van der Waals surface area contributed by atoms with Crippen molar-refractivity contribution in [3.8, 4) is 0 Å². The van der Waals surface area contributed by atoms with Crippen LogP contribution in [0.2, 0.25) is 0 Å². The van der Waals surface area contributed by atoms with E-state index in [0.717, 1.165) is 23.8 Å². The molecule has 0 aliphatic carbocycles. The smallest absolute Gasteiger partial charge is 0.224 e. The molecule has 0 heterocycles. The summed E-state index contributed by atoms with van der Waals surface area (Å²) in [6.45, 7) is 1.76. The van der Waals surface area contributed by atoms with Gasteiger partial charge in [-0.3, -0.25) is 4.79 Å². The maximum atomic E-state index is 13.5. The van der Waals surface area contributed by atoms with E-state index in [9.17, 15) is 13.6 Å². The Balaban J connectivity index is 1.89. The van der Waals surface area contributed by atoms with Gasteiger partial charge in [0.25, 0.3) is 0 Å². The molecular formula is C18H19F2NO2. The largest absolute Gasteiger partial charge is 0.392 e. The Morgan fingerprint density at radius 2 is 1.96 bits per heavy atom.